The fourth-order valence-electron chi connectivity index (χ4n) is 1.61. The molecule has 3 nitrogen and oxygen atoms in total. The molecule has 1 aromatic carbocycles. The van der Waals surface area contributed by atoms with Crippen LogP contribution in [0.4, 0.5) is 8.78 Å². The molecule has 1 aliphatic heterocycles. The molecule has 2 N–H and O–H groups in total. The van der Waals surface area contributed by atoms with Crippen molar-refractivity contribution < 1.29 is 18.3 Å². The van der Waals surface area contributed by atoms with Gasteiger partial charge >= 0.3 is 6.29 Å². The molecule has 88 valence electrons. The van der Waals surface area contributed by atoms with Crippen molar-refractivity contribution >= 4 is 0 Å². The molecule has 16 heavy (non-hydrogen) atoms. The summed E-state index contributed by atoms with van der Waals surface area (Å²) in [5.41, 5.74) is 6.44. The molecule has 1 aromatic rings. The number of hydrogen-bond acceptors (Lipinski definition) is 3. The van der Waals surface area contributed by atoms with E-state index in [1.165, 1.54) is 6.07 Å². The zero-order chi connectivity index (χ0) is 11.8. The summed E-state index contributed by atoms with van der Waals surface area (Å²) in [5.74, 6) is 0.183. The third-order valence-corrected chi connectivity index (χ3v) is 2.52. The molecule has 1 atom stereocenters. The van der Waals surface area contributed by atoms with Crippen molar-refractivity contribution in [2.75, 3.05) is 0 Å². The number of alkyl halides is 2. The number of benzene rings is 1. The Hall–Kier alpha value is -1.36. The fourth-order valence-corrected chi connectivity index (χ4v) is 1.61. The van der Waals surface area contributed by atoms with Crippen LogP contribution in [-0.4, -0.2) is 12.3 Å². The largest absolute Gasteiger partial charge is 0.586 e. The first-order chi connectivity index (χ1) is 7.52. The van der Waals surface area contributed by atoms with Gasteiger partial charge in [0.25, 0.3) is 0 Å². The highest BCUT2D eigenvalue weighted by atomic mass is 19.3. The highest BCUT2D eigenvalue weighted by Crippen LogP contribution is 2.43. The quantitative estimate of drug-likeness (QED) is 0.864. The zero-order valence-electron chi connectivity index (χ0n) is 8.87. The molecule has 0 radical (unpaired) electrons. The third-order valence-electron chi connectivity index (χ3n) is 2.52. The van der Waals surface area contributed by atoms with Gasteiger partial charge in [-0.15, -0.1) is 8.78 Å². The summed E-state index contributed by atoms with van der Waals surface area (Å²) in [5, 5.41) is 0. The topological polar surface area (TPSA) is 44.5 Å². The van der Waals surface area contributed by atoms with E-state index in [1.54, 1.807) is 12.1 Å². The van der Waals surface area contributed by atoms with E-state index in [4.69, 9.17) is 5.73 Å². The molecule has 0 saturated heterocycles. The average molecular weight is 229 g/mol. The highest BCUT2D eigenvalue weighted by molar-refractivity contribution is 5.49. The third kappa shape index (κ3) is 2.09. The number of rotatable bonds is 3. The molecule has 0 saturated carbocycles. The maximum absolute atomic E-state index is 12.9. The van der Waals surface area contributed by atoms with Crippen LogP contribution in [-0.2, 0) is 6.42 Å². The second-order valence-corrected chi connectivity index (χ2v) is 3.78. The molecule has 0 fully saturated rings. The van der Waals surface area contributed by atoms with E-state index in [0.717, 1.165) is 6.42 Å². The van der Waals surface area contributed by atoms with E-state index in [2.05, 4.69) is 9.47 Å². The van der Waals surface area contributed by atoms with Gasteiger partial charge < -0.3 is 15.2 Å². The summed E-state index contributed by atoms with van der Waals surface area (Å²) in [7, 11) is 0. The summed E-state index contributed by atoms with van der Waals surface area (Å²) >= 11 is 0. The van der Waals surface area contributed by atoms with Crippen LogP contribution in [0.15, 0.2) is 18.2 Å². The smallest absolute Gasteiger partial charge is 0.395 e. The van der Waals surface area contributed by atoms with Crippen molar-refractivity contribution in [3.8, 4) is 11.5 Å². The standard InChI is InChI=1S/C11H13F2NO2/c1-2-8(14)6-7-4-3-5-9-10(7)16-11(12,13)15-9/h3-5,8H,2,6,14H2,1H3. The summed E-state index contributed by atoms with van der Waals surface area (Å²) in [6.45, 7) is 1.94. The lowest BCUT2D eigenvalue weighted by Gasteiger charge is -2.10. The number of hydrogen-bond donors (Lipinski definition) is 1. The minimum absolute atomic E-state index is 0.0654. The first-order valence-corrected chi connectivity index (χ1v) is 5.15. The van der Waals surface area contributed by atoms with Crippen LogP contribution in [0.1, 0.15) is 18.9 Å². The molecule has 2 rings (SSSR count). The lowest BCUT2D eigenvalue weighted by Crippen LogP contribution is -2.26. The minimum atomic E-state index is -3.56. The normalized spacial score (nSPS) is 18.5. The maximum Gasteiger partial charge on any atom is 0.586 e. The number of para-hydroxylation sites is 1. The Balaban J connectivity index is 2.26. The van der Waals surface area contributed by atoms with Crippen LogP contribution in [0.2, 0.25) is 0 Å². The van der Waals surface area contributed by atoms with Crippen LogP contribution < -0.4 is 15.2 Å². The average Bonchev–Trinajstić information content (AvgIpc) is 2.53. The van der Waals surface area contributed by atoms with E-state index in [9.17, 15) is 8.78 Å². The van der Waals surface area contributed by atoms with Crippen LogP contribution in [0.3, 0.4) is 0 Å². The van der Waals surface area contributed by atoms with Gasteiger partial charge in [-0.05, 0) is 24.5 Å². The Morgan fingerprint density at radius 2 is 2.12 bits per heavy atom. The van der Waals surface area contributed by atoms with Gasteiger partial charge in [0.1, 0.15) is 0 Å². The number of ether oxygens (including phenoxy) is 2. The van der Waals surface area contributed by atoms with Crippen LogP contribution in [0, 0.1) is 0 Å². The summed E-state index contributed by atoms with van der Waals surface area (Å²) in [4.78, 5) is 0. The number of nitrogens with two attached hydrogens (primary N) is 1. The zero-order valence-corrected chi connectivity index (χ0v) is 8.87. The molecule has 0 aromatic heterocycles. The van der Waals surface area contributed by atoms with Crippen LogP contribution in [0.25, 0.3) is 0 Å². The second-order valence-electron chi connectivity index (χ2n) is 3.78. The molecule has 0 amide bonds. The maximum atomic E-state index is 12.9. The van der Waals surface area contributed by atoms with Gasteiger partial charge in [-0.2, -0.15) is 0 Å². The van der Waals surface area contributed by atoms with E-state index >= 15 is 0 Å². The van der Waals surface area contributed by atoms with Crippen LogP contribution in [0.5, 0.6) is 11.5 Å². The van der Waals surface area contributed by atoms with Gasteiger partial charge in [0.2, 0.25) is 0 Å². The van der Waals surface area contributed by atoms with Gasteiger partial charge in [0.15, 0.2) is 11.5 Å². The molecule has 0 aliphatic carbocycles. The fraction of sp³-hybridized carbons (Fsp3) is 0.455. The van der Waals surface area contributed by atoms with Gasteiger partial charge in [-0.25, -0.2) is 0 Å². The van der Waals surface area contributed by atoms with Gasteiger partial charge in [0.05, 0.1) is 0 Å². The monoisotopic (exact) mass is 229 g/mol. The summed E-state index contributed by atoms with van der Waals surface area (Å²) < 4.78 is 34.5. The van der Waals surface area contributed by atoms with Gasteiger partial charge in [-0.3, -0.25) is 0 Å². The van der Waals surface area contributed by atoms with Gasteiger partial charge in [0, 0.05) is 6.04 Å². The molecule has 1 unspecified atom stereocenters. The highest BCUT2D eigenvalue weighted by Gasteiger charge is 2.44. The van der Waals surface area contributed by atoms with Gasteiger partial charge in [-0.1, -0.05) is 19.1 Å². The predicted octanol–water partition coefficient (Wildman–Crippen LogP) is 2.29. The Kier molecular flexibility index (Phi) is 2.71. The first-order valence-electron chi connectivity index (χ1n) is 5.15. The lowest BCUT2D eigenvalue weighted by atomic mass is 10.0. The first kappa shape index (κ1) is 11.1. The molecular formula is C11H13F2NO2. The Bertz CT molecular complexity index is 396. The second kappa shape index (κ2) is 3.90. The van der Waals surface area contributed by atoms with Crippen molar-refractivity contribution in [1.29, 1.82) is 0 Å². The predicted molar refractivity (Wildman–Crippen MR) is 54.6 cm³/mol. The van der Waals surface area contributed by atoms with Crippen molar-refractivity contribution in [3.05, 3.63) is 23.8 Å². The molecular weight excluding hydrogens is 216 g/mol. The molecule has 0 spiro atoms. The molecule has 1 heterocycles. The van der Waals surface area contributed by atoms with Crippen molar-refractivity contribution in [2.24, 2.45) is 5.73 Å². The van der Waals surface area contributed by atoms with E-state index in [0.29, 0.717) is 12.0 Å². The van der Waals surface area contributed by atoms with Crippen molar-refractivity contribution in [1.82, 2.24) is 0 Å². The Labute approximate surface area is 92.1 Å². The summed E-state index contributed by atoms with van der Waals surface area (Å²) in [6, 6.07) is 4.77. The Morgan fingerprint density at radius 3 is 2.81 bits per heavy atom. The Morgan fingerprint density at radius 1 is 1.38 bits per heavy atom. The number of fused-ring (bicyclic) bond motifs is 1. The van der Waals surface area contributed by atoms with E-state index in [-0.39, 0.29) is 17.5 Å². The van der Waals surface area contributed by atoms with Crippen LogP contribution >= 0.6 is 0 Å². The molecule has 5 heteroatoms. The lowest BCUT2D eigenvalue weighted by molar-refractivity contribution is -0.286. The molecule has 0 bridgehead atoms. The van der Waals surface area contributed by atoms with Crippen molar-refractivity contribution in [3.63, 3.8) is 0 Å². The minimum Gasteiger partial charge on any atom is -0.395 e. The van der Waals surface area contributed by atoms with E-state index < -0.39 is 6.29 Å². The SMILES string of the molecule is CCC(N)Cc1cccc2c1OC(F)(F)O2. The molecule has 1 aliphatic rings. The summed E-state index contributed by atoms with van der Waals surface area (Å²) in [6.07, 6.45) is -2.28. The van der Waals surface area contributed by atoms with Crippen molar-refractivity contribution in [2.45, 2.75) is 32.1 Å². The number of halogens is 2. The van der Waals surface area contributed by atoms with E-state index in [1.807, 2.05) is 6.92 Å².